The topological polar surface area (TPSA) is 105 Å². The van der Waals surface area contributed by atoms with Gasteiger partial charge in [0, 0.05) is 30.9 Å². The van der Waals surface area contributed by atoms with Crippen molar-refractivity contribution < 1.29 is 14.3 Å². The molecule has 0 saturated carbocycles. The first kappa shape index (κ1) is 19.6. The van der Waals surface area contributed by atoms with Crippen LogP contribution in [0.4, 0.5) is 5.82 Å². The van der Waals surface area contributed by atoms with Crippen molar-refractivity contribution in [2.24, 2.45) is 0 Å². The molecule has 0 fully saturated rings. The zero-order valence-corrected chi connectivity index (χ0v) is 16.6. The number of amides is 1. The van der Waals surface area contributed by atoms with E-state index >= 15 is 0 Å². The first-order valence-electron chi connectivity index (χ1n) is 9.83. The number of nitrogens with zero attached hydrogens (tertiary/aromatic N) is 3. The van der Waals surface area contributed by atoms with Crippen LogP contribution in [0.5, 0.6) is 5.75 Å². The summed E-state index contributed by atoms with van der Waals surface area (Å²) in [5, 5.41) is 20.8. The molecule has 0 aliphatic heterocycles. The summed E-state index contributed by atoms with van der Waals surface area (Å²) in [7, 11) is 1.95. The number of aromatic hydroxyl groups is 1. The van der Waals surface area contributed by atoms with E-state index in [-0.39, 0.29) is 11.7 Å². The molecule has 0 radical (unpaired) electrons. The van der Waals surface area contributed by atoms with Crippen molar-refractivity contribution in [2.45, 2.75) is 12.8 Å². The zero-order chi connectivity index (χ0) is 20.9. The number of furan rings is 1. The van der Waals surface area contributed by atoms with Gasteiger partial charge in [-0.3, -0.25) is 4.79 Å². The van der Waals surface area contributed by atoms with E-state index in [1.165, 1.54) is 6.26 Å². The van der Waals surface area contributed by atoms with Gasteiger partial charge in [0.2, 0.25) is 0 Å². The maximum absolute atomic E-state index is 11.8. The number of benzene rings is 1. The van der Waals surface area contributed by atoms with Crippen LogP contribution in [0.1, 0.15) is 23.4 Å². The maximum atomic E-state index is 11.8. The van der Waals surface area contributed by atoms with Crippen molar-refractivity contribution in [1.82, 2.24) is 19.9 Å². The lowest BCUT2D eigenvalue weighted by Crippen LogP contribution is -2.24. The molecule has 0 atom stereocenters. The van der Waals surface area contributed by atoms with E-state index in [1.54, 1.807) is 35.0 Å². The van der Waals surface area contributed by atoms with Crippen LogP contribution in [0.2, 0.25) is 0 Å². The van der Waals surface area contributed by atoms with Gasteiger partial charge in [-0.25, -0.2) is 4.98 Å². The Balaban J connectivity index is 1.40. The Labute approximate surface area is 174 Å². The van der Waals surface area contributed by atoms with Crippen molar-refractivity contribution in [2.75, 3.05) is 18.4 Å². The molecule has 0 unspecified atom stereocenters. The van der Waals surface area contributed by atoms with E-state index < -0.39 is 0 Å². The van der Waals surface area contributed by atoms with Crippen molar-refractivity contribution in [1.29, 1.82) is 0 Å². The van der Waals surface area contributed by atoms with Crippen LogP contribution in [0, 0.1) is 0 Å². The average Bonchev–Trinajstić information content (AvgIpc) is 3.41. The predicted octanol–water partition coefficient (Wildman–Crippen LogP) is 1.58. The molecule has 0 saturated heterocycles. The second-order valence-corrected chi connectivity index (χ2v) is 6.97. The molecule has 8 nitrogen and oxygen atoms in total. The highest BCUT2D eigenvalue weighted by Gasteiger charge is 2.12. The molecule has 0 aliphatic rings. The molecule has 9 heteroatoms. The standard InChI is InChI=1S/C21H22BN5O3/c22-15-13-25-27-19(12-16(26-20(15)27)14-6-1-2-7-17(14)28)23-9-3-4-10-24-21(29)18-8-5-11-30-18/h1-2,5-8,11-13,23,28H,3-4,9-10,22H2,(H,24,29). The van der Waals surface area contributed by atoms with E-state index in [1.807, 2.05) is 26.0 Å². The van der Waals surface area contributed by atoms with Crippen molar-refractivity contribution in [3.05, 3.63) is 60.7 Å². The molecule has 152 valence electrons. The summed E-state index contributed by atoms with van der Waals surface area (Å²) < 4.78 is 6.83. The van der Waals surface area contributed by atoms with E-state index in [2.05, 4.69) is 20.7 Å². The van der Waals surface area contributed by atoms with Crippen LogP contribution in [0.25, 0.3) is 16.9 Å². The fraction of sp³-hybridized carbons (Fsp3) is 0.190. The van der Waals surface area contributed by atoms with Gasteiger partial charge in [0.1, 0.15) is 19.4 Å². The number of hydrogen-bond donors (Lipinski definition) is 3. The lowest BCUT2D eigenvalue weighted by Gasteiger charge is -2.12. The molecular weight excluding hydrogens is 381 g/mol. The normalized spacial score (nSPS) is 10.9. The molecule has 0 aliphatic carbocycles. The number of rotatable bonds is 8. The van der Waals surface area contributed by atoms with Gasteiger partial charge < -0.3 is 20.2 Å². The molecule has 1 amide bonds. The third-order valence-electron chi connectivity index (χ3n) is 4.77. The second-order valence-electron chi connectivity index (χ2n) is 6.97. The number of anilines is 1. The highest BCUT2D eigenvalue weighted by atomic mass is 16.3. The monoisotopic (exact) mass is 403 g/mol. The van der Waals surface area contributed by atoms with Crippen molar-refractivity contribution in [3.8, 4) is 17.0 Å². The minimum Gasteiger partial charge on any atom is -0.507 e. The molecule has 3 heterocycles. The molecule has 3 aromatic heterocycles. The minimum absolute atomic E-state index is 0.185. The summed E-state index contributed by atoms with van der Waals surface area (Å²) in [6, 6.07) is 12.3. The smallest absolute Gasteiger partial charge is 0.286 e. The highest BCUT2D eigenvalue weighted by molar-refractivity contribution is 6.36. The van der Waals surface area contributed by atoms with Crippen LogP contribution < -0.4 is 16.1 Å². The SMILES string of the molecule is Bc1cnn2c(NCCCCNC(=O)c3ccco3)cc(-c3ccccc3O)nc12. The Morgan fingerprint density at radius 3 is 2.80 bits per heavy atom. The summed E-state index contributed by atoms with van der Waals surface area (Å²) in [5.41, 5.74) is 3.04. The van der Waals surface area contributed by atoms with Crippen LogP contribution in [0.15, 0.2) is 59.3 Å². The van der Waals surface area contributed by atoms with Gasteiger partial charge in [-0.1, -0.05) is 12.1 Å². The molecule has 4 rings (SSSR count). The number of hydrogen-bond acceptors (Lipinski definition) is 6. The first-order chi connectivity index (χ1) is 14.6. The van der Waals surface area contributed by atoms with Gasteiger partial charge >= 0.3 is 0 Å². The molecule has 0 bridgehead atoms. The zero-order valence-electron chi connectivity index (χ0n) is 16.6. The second kappa shape index (κ2) is 8.73. The third-order valence-corrected chi connectivity index (χ3v) is 4.77. The summed E-state index contributed by atoms with van der Waals surface area (Å²) in [6.45, 7) is 1.27. The largest absolute Gasteiger partial charge is 0.507 e. The average molecular weight is 403 g/mol. The minimum atomic E-state index is -0.205. The molecule has 1 aromatic carbocycles. The number of phenolic OH excluding ortho intramolecular Hbond substituents is 1. The van der Waals surface area contributed by atoms with E-state index in [4.69, 9.17) is 4.42 Å². The molecule has 30 heavy (non-hydrogen) atoms. The van der Waals surface area contributed by atoms with E-state index in [0.717, 1.165) is 29.8 Å². The fourth-order valence-electron chi connectivity index (χ4n) is 3.19. The lowest BCUT2D eigenvalue weighted by atomic mass is 10.0. The van der Waals surface area contributed by atoms with Crippen molar-refractivity contribution >= 4 is 30.7 Å². The number of phenols is 1. The quantitative estimate of drug-likeness (QED) is 0.305. The van der Waals surface area contributed by atoms with Crippen LogP contribution in [0.3, 0.4) is 0 Å². The van der Waals surface area contributed by atoms with Gasteiger partial charge in [-0.2, -0.15) is 9.61 Å². The van der Waals surface area contributed by atoms with Crippen molar-refractivity contribution in [3.63, 3.8) is 0 Å². The van der Waals surface area contributed by atoms with Gasteiger partial charge in [0.15, 0.2) is 11.4 Å². The van der Waals surface area contributed by atoms with E-state index in [0.29, 0.717) is 30.1 Å². The summed E-state index contributed by atoms with van der Waals surface area (Å²) in [6.07, 6.45) is 4.92. The predicted molar refractivity (Wildman–Crippen MR) is 117 cm³/mol. The Hall–Kier alpha value is -3.75. The van der Waals surface area contributed by atoms with Crippen LogP contribution in [-0.4, -0.2) is 46.5 Å². The summed E-state index contributed by atoms with van der Waals surface area (Å²) in [4.78, 5) is 16.5. The van der Waals surface area contributed by atoms with Gasteiger partial charge in [0.05, 0.1) is 12.0 Å². The van der Waals surface area contributed by atoms with Crippen LogP contribution >= 0.6 is 0 Å². The molecule has 3 N–H and O–H groups in total. The Kier molecular flexibility index (Phi) is 5.69. The number of para-hydroxylation sites is 1. The number of carbonyl (C=O) groups excluding carboxylic acids is 1. The number of fused-ring (bicyclic) bond motifs is 1. The number of carbonyl (C=O) groups is 1. The number of unbranched alkanes of at least 4 members (excludes halogenated alkanes) is 1. The first-order valence-corrected chi connectivity index (χ1v) is 9.83. The van der Waals surface area contributed by atoms with Crippen LogP contribution in [-0.2, 0) is 0 Å². The fourth-order valence-corrected chi connectivity index (χ4v) is 3.19. The Morgan fingerprint density at radius 2 is 2.00 bits per heavy atom. The number of aromatic nitrogens is 3. The third kappa shape index (κ3) is 4.14. The lowest BCUT2D eigenvalue weighted by molar-refractivity contribution is 0.0925. The van der Waals surface area contributed by atoms with Gasteiger partial charge in [0.25, 0.3) is 5.91 Å². The molecular formula is C21H22BN5O3. The number of nitrogens with one attached hydrogen (secondary N) is 2. The molecule has 4 aromatic rings. The molecule has 0 spiro atoms. The maximum Gasteiger partial charge on any atom is 0.286 e. The van der Waals surface area contributed by atoms with Gasteiger partial charge in [-0.05, 0) is 42.6 Å². The highest BCUT2D eigenvalue weighted by Crippen LogP contribution is 2.29. The summed E-state index contributed by atoms with van der Waals surface area (Å²) >= 11 is 0. The van der Waals surface area contributed by atoms with E-state index in [9.17, 15) is 9.90 Å². The Bertz CT molecular complexity index is 1160. The Morgan fingerprint density at radius 1 is 1.17 bits per heavy atom. The summed E-state index contributed by atoms with van der Waals surface area (Å²) in [5.74, 6) is 1.09. The van der Waals surface area contributed by atoms with Gasteiger partial charge in [-0.15, -0.1) is 0 Å².